The summed E-state index contributed by atoms with van der Waals surface area (Å²) in [4.78, 5) is 33.5. The van der Waals surface area contributed by atoms with Crippen LogP contribution < -0.4 is 5.32 Å². The minimum absolute atomic E-state index is 0.163. The number of carboxylic acids is 2. The van der Waals surface area contributed by atoms with Gasteiger partial charge in [0, 0.05) is 5.56 Å². The Hall–Kier alpha value is -2.37. The summed E-state index contributed by atoms with van der Waals surface area (Å²) in [5.41, 5.74) is 0.330. The van der Waals surface area contributed by atoms with E-state index in [2.05, 4.69) is 5.32 Å². The minimum Gasteiger partial charge on any atom is -0.481 e. The van der Waals surface area contributed by atoms with Gasteiger partial charge in [0.2, 0.25) is 0 Å². The molecule has 0 saturated carbocycles. The van der Waals surface area contributed by atoms with Crippen LogP contribution in [0.3, 0.4) is 0 Å². The highest BCUT2D eigenvalue weighted by Gasteiger charge is 2.25. The third kappa shape index (κ3) is 4.42. The smallest absolute Gasteiger partial charge is 0.326 e. The number of benzene rings is 1. The van der Waals surface area contributed by atoms with Crippen molar-refractivity contribution >= 4 is 17.8 Å². The lowest BCUT2D eigenvalue weighted by Crippen LogP contribution is -2.42. The van der Waals surface area contributed by atoms with Gasteiger partial charge in [-0.25, -0.2) is 4.79 Å². The van der Waals surface area contributed by atoms with E-state index in [0.717, 1.165) is 0 Å². The molecule has 0 aliphatic carbocycles. The van der Waals surface area contributed by atoms with Crippen LogP contribution in [-0.4, -0.2) is 34.1 Å². The Morgan fingerprint density at radius 1 is 1.11 bits per heavy atom. The van der Waals surface area contributed by atoms with Crippen molar-refractivity contribution in [3.05, 3.63) is 35.9 Å². The van der Waals surface area contributed by atoms with E-state index in [4.69, 9.17) is 10.2 Å². The van der Waals surface area contributed by atoms with Crippen molar-refractivity contribution in [1.82, 2.24) is 5.32 Å². The maximum absolute atomic E-state index is 11.8. The van der Waals surface area contributed by atoms with E-state index < -0.39 is 29.8 Å². The molecule has 6 nitrogen and oxygen atoms in total. The molecule has 0 saturated heterocycles. The van der Waals surface area contributed by atoms with E-state index >= 15 is 0 Å². The first-order chi connectivity index (χ1) is 8.91. The SMILES string of the molecule is CC(C[C@H](NC(=O)c1ccccc1)C(=O)O)C(=O)O. The number of carbonyl (C=O) groups is 3. The Labute approximate surface area is 110 Å². The van der Waals surface area contributed by atoms with Crippen molar-refractivity contribution in [3.63, 3.8) is 0 Å². The number of carboxylic acid groups (broad SMARTS) is 2. The fourth-order valence-corrected chi connectivity index (χ4v) is 1.51. The first kappa shape index (κ1) is 14.7. The van der Waals surface area contributed by atoms with Gasteiger partial charge < -0.3 is 15.5 Å². The number of aliphatic carboxylic acids is 2. The molecular weight excluding hydrogens is 250 g/mol. The molecule has 0 fully saturated rings. The van der Waals surface area contributed by atoms with Gasteiger partial charge >= 0.3 is 11.9 Å². The first-order valence-corrected chi connectivity index (χ1v) is 5.73. The van der Waals surface area contributed by atoms with E-state index in [-0.39, 0.29) is 6.42 Å². The third-order valence-corrected chi connectivity index (χ3v) is 2.65. The predicted octanol–water partition coefficient (Wildman–Crippen LogP) is 0.980. The summed E-state index contributed by atoms with van der Waals surface area (Å²) in [6.45, 7) is 1.40. The summed E-state index contributed by atoms with van der Waals surface area (Å²) >= 11 is 0. The molecule has 0 aliphatic rings. The molecule has 1 amide bonds. The average molecular weight is 265 g/mol. The largest absolute Gasteiger partial charge is 0.481 e. The van der Waals surface area contributed by atoms with Gasteiger partial charge in [-0.3, -0.25) is 9.59 Å². The number of hydrogen-bond acceptors (Lipinski definition) is 3. The van der Waals surface area contributed by atoms with Crippen LogP contribution in [0.4, 0.5) is 0 Å². The van der Waals surface area contributed by atoms with Crippen LogP contribution in [-0.2, 0) is 9.59 Å². The predicted molar refractivity (Wildman–Crippen MR) is 66.7 cm³/mol. The van der Waals surface area contributed by atoms with Gasteiger partial charge in [0.25, 0.3) is 5.91 Å². The molecule has 3 N–H and O–H groups in total. The van der Waals surface area contributed by atoms with Gasteiger partial charge in [0.1, 0.15) is 6.04 Å². The molecule has 0 bridgehead atoms. The fourth-order valence-electron chi connectivity index (χ4n) is 1.51. The van der Waals surface area contributed by atoms with Crippen LogP contribution in [0.25, 0.3) is 0 Å². The zero-order valence-corrected chi connectivity index (χ0v) is 10.4. The molecule has 1 aromatic rings. The van der Waals surface area contributed by atoms with Crippen LogP contribution >= 0.6 is 0 Å². The highest BCUT2D eigenvalue weighted by atomic mass is 16.4. The zero-order chi connectivity index (χ0) is 14.4. The summed E-state index contributed by atoms with van der Waals surface area (Å²) in [5.74, 6) is -3.74. The molecule has 6 heteroatoms. The molecular formula is C13H15NO5. The van der Waals surface area contributed by atoms with Crippen LogP contribution in [0.1, 0.15) is 23.7 Å². The maximum atomic E-state index is 11.8. The van der Waals surface area contributed by atoms with Gasteiger partial charge in [-0.15, -0.1) is 0 Å². The van der Waals surface area contributed by atoms with E-state index in [1.807, 2.05) is 0 Å². The van der Waals surface area contributed by atoms with Crippen molar-refractivity contribution in [2.45, 2.75) is 19.4 Å². The number of carbonyl (C=O) groups excluding carboxylic acids is 1. The van der Waals surface area contributed by atoms with Crippen molar-refractivity contribution in [2.75, 3.05) is 0 Å². The standard InChI is InChI=1S/C13H15NO5/c1-8(12(16)17)7-10(13(18)19)14-11(15)9-5-3-2-4-6-9/h2-6,8,10H,7H2,1H3,(H,14,15)(H,16,17)(H,18,19)/t8?,10-/m0/s1. The van der Waals surface area contributed by atoms with E-state index in [1.54, 1.807) is 30.3 Å². The van der Waals surface area contributed by atoms with Crippen molar-refractivity contribution in [1.29, 1.82) is 0 Å². The van der Waals surface area contributed by atoms with Crippen LogP contribution in [0.5, 0.6) is 0 Å². The number of hydrogen-bond donors (Lipinski definition) is 3. The normalized spacial score (nSPS) is 13.3. The van der Waals surface area contributed by atoms with Gasteiger partial charge in [-0.05, 0) is 18.6 Å². The summed E-state index contributed by atoms with van der Waals surface area (Å²) in [5, 5.41) is 20.1. The highest BCUT2D eigenvalue weighted by molar-refractivity contribution is 5.96. The van der Waals surface area contributed by atoms with Crippen molar-refractivity contribution in [2.24, 2.45) is 5.92 Å². The zero-order valence-electron chi connectivity index (χ0n) is 10.4. The van der Waals surface area contributed by atoms with Crippen molar-refractivity contribution < 1.29 is 24.6 Å². The second-order valence-corrected chi connectivity index (χ2v) is 4.21. The fraction of sp³-hybridized carbons (Fsp3) is 0.308. The number of nitrogens with one attached hydrogen (secondary N) is 1. The quantitative estimate of drug-likeness (QED) is 0.711. The first-order valence-electron chi connectivity index (χ1n) is 5.73. The summed E-state index contributed by atoms with van der Waals surface area (Å²) in [7, 11) is 0. The molecule has 0 aliphatic heterocycles. The summed E-state index contributed by atoms with van der Waals surface area (Å²) < 4.78 is 0. The molecule has 1 unspecified atom stereocenters. The lowest BCUT2D eigenvalue weighted by Gasteiger charge is -2.16. The Morgan fingerprint density at radius 2 is 1.68 bits per heavy atom. The van der Waals surface area contributed by atoms with Gasteiger partial charge in [0.05, 0.1) is 5.92 Å². The summed E-state index contributed by atoms with van der Waals surface area (Å²) in [6, 6.07) is 6.93. The van der Waals surface area contributed by atoms with Gasteiger partial charge in [-0.2, -0.15) is 0 Å². The second kappa shape index (κ2) is 6.53. The molecule has 0 aromatic heterocycles. The Kier molecular flexibility index (Phi) is 5.05. The van der Waals surface area contributed by atoms with E-state index in [0.29, 0.717) is 5.56 Å². The Bertz CT molecular complexity index is 471. The van der Waals surface area contributed by atoms with Gasteiger partial charge in [0.15, 0.2) is 0 Å². The average Bonchev–Trinajstić information content (AvgIpc) is 2.38. The molecule has 1 rings (SSSR count). The topological polar surface area (TPSA) is 104 Å². The number of amides is 1. The molecule has 2 atom stereocenters. The Morgan fingerprint density at radius 3 is 2.16 bits per heavy atom. The van der Waals surface area contributed by atoms with Crippen molar-refractivity contribution in [3.8, 4) is 0 Å². The maximum Gasteiger partial charge on any atom is 0.326 e. The Balaban J connectivity index is 2.72. The molecule has 0 heterocycles. The third-order valence-electron chi connectivity index (χ3n) is 2.65. The van der Waals surface area contributed by atoms with Crippen LogP contribution in [0.2, 0.25) is 0 Å². The summed E-state index contributed by atoms with van der Waals surface area (Å²) in [6.07, 6.45) is -0.163. The molecule has 19 heavy (non-hydrogen) atoms. The van der Waals surface area contributed by atoms with Crippen LogP contribution in [0, 0.1) is 5.92 Å². The number of rotatable bonds is 6. The van der Waals surface area contributed by atoms with Crippen LogP contribution in [0.15, 0.2) is 30.3 Å². The van der Waals surface area contributed by atoms with Gasteiger partial charge in [-0.1, -0.05) is 25.1 Å². The highest BCUT2D eigenvalue weighted by Crippen LogP contribution is 2.08. The van der Waals surface area contributed by atoms with E-state index in [9.17, 15) is 14.4 Å². The molecule has 102 valence electrons. The lowest BCUT2D eigenvalue weighted by atomic mass is 10.0. The molecule has 1 aromatic carbocycles. The second-order valence-electron chi connectivity index (χ2n) is 4.21. The monoisotopic (exact) mass is 265 g/mol. The molecule has 0 spiro atoms. The minimum atomic E-state index is -1.25. The van der Waals surface area contributed by atoms with E-state index in [1.165, 1.54) is 6.92 Å². The molecule has 0 radical (unpaired) electrons. The lowest BCUT2D eigenvalue weighted by molar-refractivity contribution is -0.143.